The van der Waals surface area contributed by atoms with Gasteiger partial charge in [-0.3, -0.25) is 4.68 Å². The van der Waals surface area contributed by atoms with E-state index in [0.29, 0.717) is 25.3 Å². The molecule has 6 heteroatoms. The quantitative estimate of drug-likeness (QED) is 0.377. The first-order valence-corrected chi connectivity index (χ1v) is 9.79. The Morgan fingerprint density at radius 1 is 1.07 bits per heavy atom. The van der Waals surface area contributed by atoms with Crippen LogP contribution in [0.5, 0.6) is 5.75 Å². The van der Waals surface area contributed by atoms with Crippen molar-refractivity contribution >= 4 is 28.6 Å². The first-order valence-electron chi connectivity index (χ1n) is 8.71. The fourth-order valence-corrected chi connectivity index (χ4v) is 3.58. The molecule has 0 radical (unpaired) electrons. The Labute approximate surface area is 172 Å². The Kier molecular flexibility index (Phi) is 6.49. The molecule has 1 aromatic heterocycles. The SMILES string of the molecule is CCOC(=O)c1c(Cc2ccccc2)c(I)nn1Cc1ccc(OC)cc1. The fraction of sp³-hybridized carbons (Fsp3) is 0.238. The molecule has 1 heterocycles. The molecule has 0 N–H and O–H groups in total. The molecule has 0 unspecified atom stereocenters. The molecular formula is C21H21IN2O3. The van der Waals surface area contributed by atoms with E-state index in [9.17, 15) is 4.79 Å². The maximum absolute atomic E-state index is 12.7. The van der Waals surface area contributed by atoms with Gasteiger partial charge in [-0.25, -0.2) is 4.79 Å². The van der Waals surface area contributed by atoms with Gasteiger partial charge in [-0.1, -0.05) is 42.5 Å². The fourth-order valence-electron chi connectivity index (χ4n) is 2.87. The predicted octanol–water partition coefficient (Wildman–Crippen LogP) is 4.31. The van der Waals surface area contributed by atoms with E-state index in [2.05, 4.69) is 27.7 Å². The van der Waals surface area contributed by atoms with Gasteiger partial charge in [0.05, 0.1) is 20.3 Å². The van der Waals surface area contributed by atoms with Gasteiger partial charge in [0.2, 0.25) is 0 Å². The van der Waals surface area contributed by atoms with Gasteiger partial charge in [0.25, 0.3) is 0 Å². The number of ether oxygens (including phenoxy) is 2. The number of carbonyl (C=O) groups is 1. The van der Waals surface area contributed by atoms with Crippen LogP contribution in [0.1, 0.15) is 34.1 Å². The Morgan fingerprint density at radius 3 is 2.41 bits per heavy atom. The molecule has 0 amide bonds. The van der Waals surface area contributed by atoms with Crippen LogP contribution in [0.25, 0.3) is 0 Å². The molecule has 0 aliphatic rings. The van der Waals surface area contributed by atoms with Crippen LogP contribution in [0.3, 0.4) is 0 Å². The molecule has 3 aromatic rings. The van der Waals surface area contributed by atoms with E-state index in [1.54, 1.807) is 11.8 Å². The zero-order valence-corrected chi connectivity index (χ0v) is 17.5. The lowest BCUT2D eigenvalue weighted by Gasteiger charge is -2.10. The van der Waals surface area contributed by atoms with E-state index in [4.69, 9.17) is 9.47 Å². The van der Waals surface area contributed by atoms with Crippen LogP contribution in [0.15, 0.2) is 54.6 Å². The maximum Gasteiger partial charge on any atom is 0.356 e. The number of esters is 1. The number of hydrogen-bond acceptors (Lipinski definition) is 4. The number of hydrogen-bond donors (Lipinski definition) is 0. The van der Waals surface area contributed by atoms with E-state index in [1.165, 1.54) is 0 Å². The summed E-state index contributed by atoms with van der Waals surface area (Å²) in [4.78, 5) is 12.7. The van der Waals surface area contributed by atoms with Gasteiger partial charge >= 0.3 is 5.97 Å². The number of benzene rings is 2. The molecule has 3 rings (SSSR count). The Balaban J connectivity index is 1.96. The minimum Gasteiger partial charge on any atom is -0.497 e. The van der Waals surface area contributed by atoms with Crippen molar-refractivity contribution in [3.63, 3.8) is 0 Å². The number of halogens is 1. The van der Waals surface area contributed by atoms with Crippen molar-refractivity contribution in [1.29, 1.82) is 0 Å². The summed E-state index contributed by atoms with van der Waals surface area (Å²) in [5.41, 5.74) is 3.58. The highest BCUT2D eigenvalue weighted by atomic mass is 127. The molecule has 27 heavy (non-hydrogen) atoms. The number of carbonyl (C=O) groups excluding carboxylic acids is 1. The zero-order valence-electron chi connectivity index (χ0n) is 15.3. The van der Waals surface area contributed by atoms with Gasteiger partial charge in [-0.05, 0) is 52.8 Å². The summed E-state index contributed by atoms with van der Waals surface area (Å²) in [6.07, 6.45) is 0.635. The second-order valence-corrected chi connectivity index (χ2v) is 7.03. The van der Waals surface area contributed by atoms with Crippen molar-refractivity contribution < 1.29 is 14.3 Å². The van der Waals surface area contributed by atoms with Gasteiger partial charge in [0.15, 0.2) is 5.69 Å². The van der Waals surface area contributed by atoms with Crippen LogP contribution in [-0.2, 0) is 17.7 Å². The summed E-state index contributed by atoms with van der Waals surface area (Å²) in [6.45, 7) is 2.63. The highest BCUT2D eigenvalue weighted by molar-refractivity contribution is 14.1. The lowest BCUT2D eigenvalue weighted by molar-refractivity contribution is 0.0511. The molecule has 5 nitrogen and oxygen atoms in total. The molecule has 2 aromatic carbocycles. The zero-order chi connectivity index (χ0) is 19.2. The van der Waals surface area contributed by atoms with Gasteiger partial charge in [0, 0.05) is 12.0 Å². The predicted molar refractivity (Wildman–Crippen MR) is 112 cm³/mol. The molecule has 0 saturated carbocycles. The van der Waals surface area contributed by atoms with Crippen molar-refractivity contribution in [2.45, 2.75) is 19.9 Å². The second kappa shape index (κ2) is 9.03. The third-order valence-electron chi connectivity index (χ3n) is 4.19. The summed E-state index contributed by atoms with van der Waals surface area (Å²) < 4.78 is 13.1. The minimum atomic E-state index is -0.340. The van der Waals surface area contributed by atoms with E-state index in [-0.39, 0.29) is 5.97 Å². The first kappa shape index (κ1) is 19.4. The molecule has 0 fully saturated rings. The molecule has 0 saturated heterocycles. The average molecular weight is 476 g/mol. The first-order chi connectivity index (χ1) is 13.1. The lowest BCUT2D eigenvalue weighted by atomic mass is 10.1. The second-order valence-electron chi connectivity index (χ2n) is 6.01. The van der Waals surface area contributed by atoms with E-state index >= 15 is 0 Å². The number of rotatable bonds is 7. The van der Waals surface area contributed by atoms with Crippen LogP contribution >= 0.6 is 22.6 Å². The van der Waals surface area contributed by atoms with Gasteiger partial charge in [-0.2, -0.15) is 5.10 Å². The molecule has 0 bridgehead atoms. The number of methoxy groups -OCH3 is 1. The van der Waals surface area contributed by atoms with E-state index in [0.717, 1.165) is 26.1 Å². The minimum absolute atomic E-state index is 0.327. The monoisotopic (exact) mass is 476 g/mol. The Morgan fingerprint density at radius 2 is 1.78 bits per heavy atom. The number of aromatic nitrogens is 2. The van der Waals surface area contributed by atoms with Gasteiger partial charge in [-0.15, -0.1) is 0 Å². The normalized spacial score (nSPS) is 10.6. The molecule has 0 aliphatic heterocycles. The van der Waals surface area contributed by atoms with Crippen molar-refractivity contribution in [3.05, 3.63) is 80.7 Å². The van der Waals surface area contributed by atoms with Gasteiger partial charge in [0.1, 0.15) is 9.45 Å². The van der Waals surface area contributed by atoms with Crippen molar-refractivity contribution in [3.8, 4) is 5.75 Å². The summed E-state index contributed by atoms with van der Waals surface area (Å²) in [5, 5.41) is 4.62. The summed E-state index contributed by atoms with van der Waals surface area (Å²) in [7, 11) is 1.64. The summed E-state index contributed by atoms with van der Waals surface area (Å²) in [6, 6.07) is 17.8. The van der Waals surface area contributed by atoms with Crippen LogP contribution in [0.4, 0.5) is 0 Å². The maximum atomic E-state index is 12.7. The van der Waals surface area contributed by atoms with Crippen molar-refractivity contribution in [2.75, 3.05) is 13.7 Å². The lowest BCUT2D eigenvalue weighted by Crippen LogP contribution is -2.16. The molecule has 0 spiro atoms. The summed E-state index contributed by atoms with van der Waals surface area (Å²) in [5.74, 6) is 0.455. The number of nitrogens with zero attached hydrogens (tertiary/aromatic N) is 2. The molecule has 140 valence electrons. The molecular weight excluding hydrogens is 455 g/mol. The Hall–Kier alpha value is -2.35. The topological polar surface area (TPSA) is 53.3 Å². The third-order valence-corrected chi connectivity index (χ3v) is 5.05. The van der Waals surface area contributed by atoms with Crippen LogP contribution in [-0.4, -0.2) is 29.5 Å². The average Bonchev–Trinajstić information content (AvgIpc) is 2.98. The van der Waals surface area contributed by atoms with Gasteiger partial charge < -0.3 is 9.47 Å². The highest BCUT2D eigenvalue weighted by Gasteiger charge is 2.24. The van der Waals surface area contributed by atoms with E-state index in [1.807, 2.05) is 61.5 Å². The van der Waals surface area contributed by atoms with Crippen molar-refractivity contribution in [2.24, 2.45) is 0 Å². The third kappa shape index (κ3) is 4.68. The smallest absolute Gasteiger partial charge is 0.356 e. The highest BCUT2D eigenvalue weighted by Crippen LogP contribution is 2.23. The van der Waals surface area contributed by atoms with E-state index < -0.39 is 0 Å². The largest absolute Gasteiger partial charge is 0.497 e. The molecule has 0 atom stereocenters. The standard InChI is InChI=1S/C21H21IN2O3/c1-3-27-21(25)19-18(13-15-7-5-4-6-8-15)20(22)23-24(19)14-16-9-11-17(26-2)12-10-16/h4-12H,3,13-14H2,1-2H3. The van der Waals surface area contributed by atoms with Crippen LogP contribution < -0.4 is 4.74 Å². The molecule has 0 aliphatic carbocycles. The van der Waals surface area contributed by atoms with Crippen molar-refractivity contribution in [1.82, 2.24) is 9.78 Å². The summed E-state index contributed by atoms with van der Waals surface area (Å²) >= 11 is 2.19. The van der Waals surface area contributed by atoms with Crippen LogP contribution in [0, 0.1) is 3.70 Å². The van der Waals surface area contributed by atoms with Crippen LogP contribution in [0.2, 0.25) is 0 Å². The Bertz CT molecular complexity index is 905.